The molecule has 0 spiro atoms. The van der Waals surface area contributed by atoms with E-state index in [1.54, 1.807) is 0 Å². The first kappa shape index (κ1) is 12.3. The molecule has 1 fully saturated rings. The highest BCUT2D eigenvalue weighted by molar-refractivity contribution is 7.09. The molecule has 6 nitrogen and oxygen atoms in total. The molecule has 7 heteroatoms. The van der Waals surface area contributed by atoms with Gasteiger partial charge in [0, 0.05) is 24.6 Å². The average Bonchev–Trinajstić information content (AvgIpc) is 2.76. The van der Waals surface area contributed by atoms with Crippen molar-refractivity contribution in [2.75, 3.05) is 31.7 Å². The van der Waals surface area contributed by atoms with Gasteiger partial charge in [0.1, 0.15) is 5.82 Å². The van der Waals surface area contributed by atoms with E-state index >= 15 is 0 Å². The number of aryl methyl sites for hydroxylation is 1. The van der Waals surface area contributed by atoms with Crippen LogP contribution in [0.25, 0.3) is 0 Å². The van der Waals surface area contributed by atoms with Crippen LogP contribution in [0.3, 0.4) is 0 Å². The molecule has 0 saturated carbocycles. The van der Waals surface area contributed by atoms with Crippen molar-refractivity contribution in [2.24, 2.45) is 0 Å². The number of hydrogen-bond acceptors (Lipinski definition) is 7. The van der Waals surface area contributed by atoms with E-state index in [9.17, 15) is 4.79 Å². The Balaban J connectivity index is 1.95. The zero-order chi connectivity index (χ0) is 12.3. The zero-order valence-corrected chi connectivity index (χ0v) is 10.7. The van der Waals surface area contributed by atoms with Gasteiger partial charge in [0.05, 0.1) is 26.2 Å². The lowest BCUT2D eigenvalue weighted by Gasteiger charge is -2.31. The molecule has 0 aromatic carbocycles. The fourth-order valence-corrected chi connectivity index (χ4v) is 2.41. The molecule has 1 aliphatic heterocycles. The lowest BCUT2D eigenvalue weighted by atomic mass is 10.2. The van der Waals surface area contributed by atoms with Crippen molar-refractivity contribution in [1.29, 1.82) is 0 Å². The number of hydrogen-bond donors (Lipinski definition) is 0. The van der Waals surface area contributed by atoms with Crippen LogP contribution in [0.15, 0.2) is 0 Å². The summed E-state index contributed by atoms with van der Waals surface area (Å²) in [6.07, 6.45) is 0.158. The van der Waals surface area contributed by atoms with Gasteiger partial charge in [-0.25, -0.2) is 4.98 Å². The summed E-state index contributed by atoms with van der Waals surface area (Å²) < 4.78 is 14.3. The SMILES string of the molecule is COC(=O)CC1CN(c2nc(C)ns2)CCO1. The molecule has 0 amide bonds. The van der Waals surface area contributed by atoms with Gasteiger partial charge in [-0.2, -0.15) is 4.37 Å². The third-order valence-electron chi connectivity index (χ3n) is 2.55. The van der Waals surface area contributed by atoms with Crippen molar-refractivity contribution < 1.29 is 14.3 Å². The highest BCUT2D eigenvalue weighted by Crippen LogP contribution is 2.20. The molecule has 1 aromatic rings. The van der Waals surface area contributed by atoms with E-state index in [0.717, 1.165) is 17.5 Å². The highest BCUT2D eigenvalue weighted by Gasteiger charge is 2.25. The van der Waals surface area contributed by atoms with Gasteiger partial charge in [-0.15, -0.1) is 0 Å². The Bertz CT molecular complexity index is 396. The van der Waals surface area contributed by atoms with Crippen molar-refractivity contribution in [1.82, 2.24) is 9.36 Å². The predicted octanol–water partition coefficient (Wildman–Crippen LogP) is 0.615. The van der Waals surface area contributed by atoms with E-state index in [-0.39, 0.29) is 18.5 Å². The Morgan fingerprint density at radius 1 is 1.71 bits per heavy atom. The largest absolute Gasteiger partial charge is 0.469 e. The van der Waals surface area contributed by atoms with E-state index in [1.165, 1.54) is 18.6 Å². The summed E-state index contributed by atoms with van der Waals surface area (Å²) in [7, 11) is 1.39. The van der Waals surface area contributed by atoms with Gasteiger partial charge in [0.2, 0.25) is 5.13 Å². The second kappa shape index (κ2) is 5.42. The summed E-state index contributed by atoms with van der Waals surface area (Å²) in [5.41, 5.74) is 0. The molecule has 1 saturated heterocycles. The molecule has 1 atom stereocenters. The Morgan fingerprint density at radius 3 is 3.18 bits per heavy atom. The molecule has 0 N–H and O–H groups in total. The van der Waals surface area contributed by atoms with Gasteiger partial charge in [-0.3, -0.25) is 4.79 Å². The molecule has 1 aliphatic rings. The predicted molar refractivity (Wildman–Crippen MR) is 63.2 cm³/mol. The summed E-state index contributed by atoms with van der Waals surface area (Å²) in [6, 6.07) is 0. The Labute approximate surface area is 104 Å². The summed E-state index contributed by atoms with van der Waals surface area (Å²) >= 11 is 1.38. The highest BCUT2D eigenvalue weighted by atomic mass is 32.1. The van der Waals surface area contributed by atoms with E-state index in [4.69, 9.17) is 4.74 Å². The van der Waals surface area contributed by atoms with Gasteiger partial charge >= 0.3 is 5.97 Å². The smallest absolute Gasteiger partial charge is 0.308 e. The maximum Gasteiger partial charge on any atom is 0.308 e. The van der Waals surface area contributed by atoms with Gasteiger partial charge in [0.15, 0.2) is 0 Å². The second-order valence-corrected chi connectivity index (χ2v) is 4.57. The maximum absolute atomic E-state index is 11.2. The number of methoxy groups -OCH3 is 1. The first-order valence-corrected chi connectivity index (χ1v) is 6.20. The first-order valence-electron chi connectivity index (χ1n) is 5.42. The number of aromatic nitrogens is 2. The van der Waals surface area contributed by atoms with E-state index in [2.05, 4.69) is 19.0 Å². The summed E-state index contributed by atoms with van der Waals surface area (Å²) in [5.74, 6) is 0.534. The van der Waals surface area contributed by atoms with Crippen molar-refractivity contribution >= 4 is 22.6 Å². The third kappa shape index (κ3) is 3.13. The van der Waals surface area contributed by atoms with Crippen LogP contribution in [0.1, 0.15) is 12.2 Å². The van der Waals surface area contributed by atoms with Gasteiger partial charge in [-0.05, 0) is 6.92 Å². The van der Waals surface area contributed by atoms with Gasteiger partial charge in [0.25, 0.3) is 0 Å². The lowest BCUT2D eigenvalue weighted by molar-refractivity contribution is -0.144. The zero-order valence-electron chi connectivity index (χ0n) is 9.88. The Hall–Kier alpha value is -1.21. The van der Waals surface area contributed by atoms with Gasteiger partial charge < -0.3 is 14.4 Å². The lowest BCUT2D eigenvalue weighted by Crippen LogP contribution is -2.43. The standard InChI is InChI=1S/C10H15N3O3S/c1-7-11-10(17-12-7)13-3-4-16-8(6-13)5-9(14)15-2/h8H,3-6H2,1-2H3. The molecule has 1 unspecified atom stereocenters. The summed E-state index contributed by atoms with van der Waals surface area (Å²) in [5, 5.41) is 0.890. The third-order valence-corrected chi connectivity index (χ3v) is 3.42. The summed E-state index contributed by atoms with van der Waals surface area (Å²) in [6.45, 7) is 3.91. The quantitative estimate of drug-likeness (QED) is 0.739. The number of rotatable bonds is 3. The van der Waals surface area contributed by atoms with Crippen molar-refractivity contribution in [3.63, 3.8) is 0 Å². The average molecular weight is 257 g/mol. The minimum Gasteiger partial charge on any atom is -0.469 e. The van der Waals surface area contributed by atoms with Crippen molar-refractivity contribution in [2.45, 2.75) is 19.4 Å². The van der Waals surface area contributed by atoms with Gasteiger partial charge in [-0.1, -0.05) is 0 Å². The summed E-state index contributed by atoms with van der Waals surface area (Å²) in [4.78, 5) is 17.6. The number of carbonyl (C=O) groups is 1. The fraction of sp³-hybridized carbons (Fsp3) is 0.700. The Kier molecular flexibility index (Phi) is 3.90. The van der Waals surface area contributed by atoms with Crippen LogP contribution in [-0.2, 0) is 14.3 Å². The molecular weight excluding hydrogens is 242 g/mol. The van der Waals surface area contributed by atoms with E-state index < -0.39 is 0 Å². The topological polar surface area (TPSA) is 64.5 Å². The molecule has 0 bridgehead atoms. The number of carbonyl (C=O) groups excluding carboxylic acids is 1. The Morgan fingerprint density at radius 2 is 2.53 bits per heavy atom. The fourth-order valence-electron chi connectivity index (χ4n) is 1.70. The maximum atomic E-state index is 11.2. The first-order chi connectivity index (χ1) is 8.19. The molecule has 94 valence electrons. The van der Waals surface area contributed by atoms with Crippen LogP contribution in [0.5, 0.6) is 0 Å². The number of anilines is 1. The van der Waals surface area contributed by atoms with Crippen LogP contribution in [0.2, 0.25) is 0 Å². The molecular formula is C10H15N3O3S. The monoisotopic (exact) mass is 257 g/mol. The van der Waals surface area contributed by atoms with E-state index in [1.807, 2.05) is 6.92 Å². The van der Waals surface area contributed by atoms with Crippen molar-refractivity contribution in [3.8, 4) is 0 Å². The molecule has 0 radical (unpaired) electrons. The van der Waals surface area contributed by atoms with Crippen molar-refractivity contribution in [3.05, 3.63) is 5.82 Å². The van der Waals surface area contributed by atoms with Crippen LogP contribution < -0.4 is 4.90 Å². The molecule has 0 aliphatic carbocycles. The molecule has 1 aromatic heterocycles. The minimum atomic E-state index is -0.245. The normalized spacial score (nSPS) is 20.4. The van der Waals surface area contributed by atoms with Crippen LogP contribution in [0, 0.1) is 6.92 Å². The minimum absolute atomic E-state index is 0.125. The molecule has 17 heavy (non-hydrogen) atoms. The van der Waals surface area contributed by atoms with Crippen LogP contribution in [0.4, 0.5) is 5.13 Å². The molecule has 2 heterocycles. The second-order valence-electron chi connectivity index (χ2n) is 3.84. The number of ether oxygens (including phenoxy) is 2. The van der Waals surface area contributed by atoms with Crippen LogP contribution in [-0.4, -0.2) is 48.2 Å². The number of nitrogens with zero attached hydrogens (tertiary/aromatic N) is 3. The van der Waals surface area contributed by atoms with Crippen LogP contribution >= 0.6 is 11.5 Å². The van der Waals surface area contributed by atoms with E-state index in [0.29, 0.717) is 13.2 Å². The molecule has 2 rings (SSSR count). The number of esters is 1. The number of morpholine rings is 1.